The van der Waals surface area contributed by atoms with Gasteiger partial charge in [0, 0.05) is 22.0 Å². The van der Waals surface area contributed by atoms with Gasteiger partial charge in [-0.1, -0.05) is 29.8 Å². The minimum absolute atomic E-state index is 0.292. The maximum absolute atomic E-state index is 12.9. The number of aromatic nitrogens is 1. The molecule has 0 fully saturated rings. The third kappa shape index (κ3) is 3.48. The molecule has 8 heteroatoms. The number of hydrogen-bond donors (Lipinski definition) is 3. The van der Waals surface area contributed by atoms with Crippen molar-refractivity contribution in [1.29, 1.82) is 0 Å². The van der Waals surface area contributed by atoms with E-state index in [0.717, 1.165) is 22.2 Å². The largest absolute Gasteiger partial charge is 0.397 e. The van der Waals surface area contributed by atoms with Gasteiger partial charge in [-0.25, -0.2) is 4.98 Å². The highest BCUT2D eigenvalue weighted by molar-refractivity contribution is 7.21. The molecule has 0 aliphatic heterocycles. The van der Waals surface area contributed by atoms with Crippen LogP contribution in [0.3, 0.4) is 0 Å². The quantitative estimate of drug-likeness (QED) is 0.447. The fourth-order valence-corrected chi connectivity index (χ4v) is 5.06. The molecule has 0 aliphatic rings. The topological polar surface area (TPSA) is 111 Å². The predicted octanol–water partition coefficient (Wildman–Crippen LogP) is 4.58. The average molecular weight is 423 g/mol. The Kier molecular flexibility index (Phi) is 4.81. The number of amides is 2. The minimum atomic E-state index is -0.598. The number of nitrogen functional groups attached to an aromatic ring is 1. The monoisotopic (exact) mass is 422 g/mol. The second-order valence-corrected chi connectivity index (χ2v) is 8.57. The van der Waals surface area contributed by atoms with Gasteiger partial charge in [0.15, 0.2) is 0 Å². The zero-order chi connectivity index (χ0) is 20.7. The first-order valence-electron chi connectivity index (χ1n) is 8.80. The molecule has 0 radical (unpaired) electrons. The molecular weight excluding hydrogens is 404 g/mol. The number of nitrogens with zero attached hydrogens (tertiary/aromatic N) is 1. The number of carbonyl (C=O) groups is 2. The van der Waals surface area contributed by atoms with Gasteiger partial charge in [0.25, 0.3) is 11.8 Å². The van der Waals surface area contributed by atoms with Gasteiger partial charge in [0.05, 0.1) is 11.3 Å². The van der Waals surface area contributed by atoms with E-state index in [1.165, 1.54) is 22.7 Å². The highest BCUT2D eigenvalue weighted by atomic mass is 32.1. The molecule has 29 heavy (non-hydrogen) atoms. The average Bonchev–Trinajstić information content (AvgIpc) is 3.23. The predicted molar refractivity (Wildman–Crippen MR) is 120 cm³/mol. The van der Waals surface area contributed by atoms with Crippen molar-refractivity contribution in [3.63, 3.8) is 0 Å². The van der Waals surface area contributed by atoms with Crippen molar-refractivity contribution in [2.75, 3.05) is 11.1 Å². The van der Waals surface area contributed by atoms with Crippen LogP contribution in [0, 0.1) is 13.8 Å². The minimum Gasteiger partial charge on any atom is -0.397 e. The summed E-state index contributed by atoms with van der Waals surface area (Å²) in [6, 6.07) is 11.5. The van der Waals surface area contributed by atoms with Crippen LogP contribution in [0.15, 0.2) is 41.8 Å². The highest BCUT2D eigenvalue weighted by Gasteiger charge is 2.23. The number of anilines is 2. The molecular formula is C21H18N4O2S2. The molecule has 3 aromatic heterocycles. The normalized spacial score (nSPS) is 11.0. The van der Waals surface area contributed by atoms with E-state index in [9.17, 15) is 9.59 Å². The Morgan fingerprint density at radius 3 is 2.48 bits per heavy atom. The van der Waals surface area contributed by atoms with Gasteiger partial charge >= 0.3 is 0 Å². The van der Waals surface area contributed by atoms with Crippen LogP contribution in [-0.4, -0.2) is 16.8 Å². The summed E-state index contributed by atoms with van der Waals surface area (Å²) >= 11 is 2.48. The number of nitrogens with two attached hydrogens (primary N) is 2. The first-order chi connectivity index (χ1) is 13.8. The van der Waals surface area contributed by atoms with Crippen molar-refractivity contribution in [1.82, 2.24) is 4.98 Å². The number of primary amides is 1. The molecule has 4 aromatic rings. The van der Waals surface area contributed by atoms with E-state index < -0.39 is 5.91 Å². The Labute approximate surface area is 175 Å². The van der Waals surface area contributed by atoms with E-state index in [1.807, 2.05) is 55.6 Å². The van der Waals surface area contributed by atoms with E-state index in [4.69, 9.17) is 11.5 Å². The summed E-state index contributed by atoms with van der Waals surface area (Å²) < 4.78 is 0. The SMILES string of the molecule is Cc1ccc(-c2csc(NC(=O)c3sc4nc(C)ccc4c3N)c2C(N)=O)cc1. The van der Waals surface area contributed by atoms with Gasteiger partial charge in [0.2, 0.25) is 0 Å². The molecule has 3 heterocycles. The second kappa shape index (κ2) is 7.31. The van der Waals surface area contributed by atoms with Crippen molar-refractivity contribution < 1.29 is 9.59 Å². The number of aryl methyl sites for hydroxylation is 2. The third-order valence-corrected chi connectivity index (χ3v) is 6.58. The van der Waals surface area contributed by atoms with E-state index in [2.05, 4.69) is 10.3 Å². The van der Waals surface area contributed by atoms with Crippen LogP contribution in [0.1, 0.15) is 31.3 Å². The molecule has 0 unspecified atom stereocenters. The van der Waals surface area contributed by atoms with E-state index in [0.29, 0.717) is 31.5 Å². The lowest BCUT2D eigenvalue weighted by atomic mass is 10.0. The van der Waals surface area contributed by atoms with Crippen LogP contribution in [0.4, 0.5) is 10.7 Å². The lowest BCUT2D eigenvalue weighted by Crippen LogP contribution is -2.17. The van der Waals surface area contributed by atoms with Crippen LogP contribution >= 0.6 is 22.7 Å². The Hall–Kier alpha value is -3.23. The fraction of sp³-hybridized carbons (Fsp3) is 0.0952. The van der Waals surface area contributed by atoms with Crippen LogP contribution < -0.4 is 16.8 Å². The standard InChI is InChI=1S/C21H18N4O2S2/c1-10-3-6-12(7-4-10)14-9-28-21(15(14)18(23)26)25-19(27)17-16(22)13-8-5-11(2)24-20(13)29-17/h3-9H,22H2,1-2H3,(H2,23,26)(H,25,27). The van der Waals surface area contributed by atoms with E-state index in [1.54, 1.807) is 0 Å². The van der Waals surface area contributed by atoms with Gasteiger partial charge in [-0.3, -0.25) is 9.59 Å². The number of fused-ring (bicyclic) bond motifs is 1. The zero-order valence-corrected chi connectivity index (χ0v) is 17.4. The van der Waals surface area contributed by atoms with Crippen molar-refractivity contribution in [3.05, 3.63) is 63.5 Å². The molecule has 5 N–H and O–H groups in total. The van der Waals surface area contributed by atoms with E-state index >= 15 is 0 Å². The van der Waals surface area contributed by atoms with E-state index in [-0.39, 0.29) is 5.91 Å². The maximum atomic E-state index is 12.9. The fourth-order valence-electron chi connectivity index (χ4n) is 3.06. The summed E-state index contributed by atoms with van der Waals surface area (Å²) in [6.45, 7) is 3.87. The molecule has 0 spiro atoms. The number of carbonyl (C=O) groups excluding carboxylic acids is 2. The van der Waals surface area contributed by atoms with Crippen molar-refractivity contribution in [3.8, 4) is 11.1 Å². The van der Waals surface area contributed by atoms with Gasteiger partial charge in [-0.15, -0.1) is 22.7 Å². The second-order valence-electron chi connectivity index (χ2n) is 6.69. The van der Waals surface area contributed by atoms with Gasteiger partial charge < -0.3 is 16.8 Å². The first kappa shape index (κ1) is 19.1. The number of rotatable bonds is 4. The summed E-state index contributed by atoms with van der Waals surface area (Å²) in [5, 5.41) is 5.77. The molecule has 0 saturated heterocycles. The molecule has 0 aliphatic carbocycles. The number of benzene rings is 1. The van der Waals surface area contributed by atoms with Gasteiger partial charge in [-0.05, 0) is 31.5 Å². The summed E-state index contributed by atoms with van der Waals surface area (Å²) in [7, 11) is 0. The van der Waals surface area contributed by atoms with Crippen molar-refractivity contribution in [2.45, 2.75) is 13.8 Å². The summed E-state index contributed by atoms with van der Waals surface area (Å²) in [5.41, 5.74) is 16.0. The van der Waals surface area contributed by atoms with Crippen molar-refractivity contribution >= 4 is 55.4 Å². The smallest absolute Gasteiger partial charge is 0.268 e. The molecule has 4 rings (SSSR count). The van der Waals surface area contributed by atoms with Gasteiger partial charge in [0.1, 0.15) is 14.7 Å². The molecule has 0 atom stereocenters. The molecule has 0 saturated carbocycles. The Morgan fingerprint density at radius 2 is 1.79 bits per heavy atom. The lowest BCUT2D eigenvalue weighted by molar-refractivity contribution is 0.100. The number of pyridine rings is 1. The Morgan fingerprint density at radius 1 is 1.07 bits per heavy atom. The molecule has 6 nitrogen and oxygen atoms in total. The van der Waals surface area contributed by atoms with Crippen LogP contribution in [0.5, 0.6) is 0 Å². The summed E-state index contributed by atoms with van der Waals surface area (Å²) in [5.74, 6) is -0.985. The zero-order valence-electron chi connectivity index (χ0n) is 15.8. The van der Waals surface area contributed by atoms with Crippen LogP contribution in [0.25, 0.3) is 21.3 Å². The first-order valence-corrected chi connectivity index (χ1v) is 10.5. The number of hydrogen-bond acceptors (Lipinski definition) is 6. The molecule has 2 amide bonds. The maximum Gasteiger partial charge on any atom is 0.268 e. The lowest BCUT2D eigenvalue weighted by Gasteiger charge is -2.06. The Balaban J connectivity index is 1.71. The third-order valence-electron chi connectivity index (χ3n) is 4.57. The summed E-state index contributed by atoms with van der Waals surface area (Å²) in [4.78, 5) is 30.5. The van der Waals surface area contributed by atoms with Crippen LogP contribution in [0.2, 0.25) is 0 Å². The van der Waals surface area contributed by atoms with Crippen molar-refractivity contribution in [2.24, 2.45) is 5.73 Å². The molecule has 146 valence electrons. The number of nitrogens with one attached hydrogen (secondary N) is 1. The van der Waals surface area contributed by atoms with Crippen LogP contribution in [-0.2, 0) is 0 Å². The summed E-state index contributed by atoms with van der Waals surface area (Å²) in [6.07, 6.45) is 0. The highest BCUT2D eigenvalue weighted by Crippen LogP contribution is 2.37. The van der Waals surface area contributed by atoms with Gasteiger partial charge in [-0.2, -0.15) is 0 Å². The Bertz CT molecular complexity index is 1260. The number of thiophene rings is 2. The molecule has 1 aromatic carbocycles. The molecule has 0 bridgehead atoms.